The van der Waals surface area contributed by atoms with Crippen molar-refractivity contribution in [1.29, 1.82) is 0 Å². The van der Waals surface area contributed by atoms with Gasteiger partial charge in [0.25, 0.3) is 0 Å². The molecular weight excluding hydrogens is 380 g/mol. The van der Waals surface area contributed by atoms with E-state index in [2.05, 4.69) is 15.9 Å². The summed E-state index contributed by atoms with van der Waals surface area (Å²) in [5.41, 5.74) is 0.349. The second kappa shape index (κ2) is 5.50. The normalized spacial score (nSPS) is 12.3. The van der Waals surface area contributed by atoms with Crippen molar-refractivity contribution in [3.05, 3.63) is 46.9 Å². The van der Waals surface area contributed by atoms with E-state index in [9.17, 15) is 16.8 Å². The standard InChI is InChI=1S/C12H11BrN2O4S2/c13-8-5-6-10(12(7-8)21(15,18)19)9-3-1-2-4-11(9)20(14,16)17/h1-7H,(H2,14,16,17)(H2,15,18,19). The fourth-order valence-electron chi connectivity index (χ4n) is 1.89. The van der Waals surface area contributed by atoms with Crippen LogP contribution in [0.4, 0.5) is 0 Å². The lowest BCUT2D eigenvalue weighted by Crippen LogP contribution is -2.16. The minimum Gasteiger partial charge on any atom is -0.225 e. The molecule has 9 heteroatoms. The first-order valence-corrected chi connectivity index (χ1v) is 9.44. The molecule has 4 N–H and O–H groups in total. The molecule has 0 radical (unpaired) electrons. The van der Waals surface area contributed by atoms with Crippen LogP contribution >= 0.6 is 15.9 Å². The van der Waals surface area contributed by atoms with Crippen molar-refractivity contribution in [2.75, 3.05) is 0 Å². The van der Waals surface area contributed by atoms with E-state index < -0.39 is 20.0 Å². The van der Waals surface area contributed by atoms with Crippen molar-refractivity contribution in [2.45, 2.75) is 9.79 Å². The van der Waals surface area contributed by atoms with E-state index in [1.165, 1.54) is 30.3 Å². The van der Waals surface area contributed by atoms with E-state index in [4.69, 9.17) is 10.3 Å². The summed E-state index contributed by atoms with van der Waals surface area (Å²) < 4.78 is 47.2. The van der Waals surface area contributed by atoms with E-state index in [0.717, 1.165) is 0 Å². The van der Waals surface area contributed by atoms with Crippen LogP contribution in [-0.2, 0) is 20.0 Å². The first-order valence-electron chi connectivity index (χ1n) is 5.55. The van der Waals surface area contributed by atoms with E-state index in [-0.39, 0.29) is 20.9 Å². The van der Waals surface area contributed by atoms with Gasteiger partial charge in [0, 0.05) is 15.6 Å². The molecule has 0 spiro atoms. The lowest BCUT2D eigenvalue weighted by atomic mass is 10.1. The Hall–Kier alpha value is -1.26. The number of sulfonamides is 2. The van der Waals surface area contributed by atoms with Gasteiger partial charge in [-0.3, -0.25) is 0 Å². The molecule has 112 valence electrons. The second-order valence-corrected chi connectivity index (χ2v) is 8.20. The smallest absolute Gasteiger partial charge is 0.225 e. The maximum Gasteiger partial charge on any atom is 0.238 e. The molecule has 0 heterocycles. The van der Waals surface area contributed by atoms with Gasteiger partial charge in [-0.1, -0.05) is 40.2 Å². The monoisotopic (exact) mass is 390 g/mol. The molecule has 0 fully saturated rings. The van der Waals surface area contributed by atoms with Gasteiger partial charge in [-0.15, -0.1) is 0 Å². The van der Waals surface area contributed by atoms with Gasteiger partial charge in [-0.25, -0.2) is 27.1 Å². The van der Waals surface area contributed by atoms with Crippen molar-refractivity contribution >= 4 is 36.0 Å². The summed E-state index contributed by atoms with van der Waals surface area (Å²) >= 11 is 3.16. The zero-order valence-corrected chi connectivity index (χ0v) is 13.7. The zero-order valence-electron chi connectivity index (χ0n) is 10.5. The molecule has 0 aliphatic heterocycles. The Morgan fingerprint density at radius 1 is 0.762 bits per heavy atom. The molecule has 0 amide bonds. The number of hydrogen-bond donors (Lipinski definition) is 2. The first kappa shape index (κ1) is 16.1. The summed E-state index contributed by atoms with van der Waals surface area (Å²) in [4.78, 5) is -0.356. The molecule has 2 aromatic rings. The van der Waals surface area contributed by atoms with Crippen molar-refractivity contribution < 1.29 is 16.8 Å². The predicted octanol–water partition coefficient (Wildman–Crippen LogP) is 1.41. The Labute approximate surface area is 131 Å². The maximum absolute atomic E-state index is 11.7. The molecule has 21 heavy (non-hydrogen) atoms. The molecule has 6 nitrogen and oxygen atoms in total. The van der Waals surface area contributed by atoms with E-state index >= 15 is 0 Å². The van der Waals surface area contributed by atoms with Gasteiger partial charge in [0.15, 0.2) is 0 Å². The lowest BCUT2D eigenvalue weighted by molar-refractivity contribution is 0.595. The largest absolute Gasteiger partial charge is 0.238 e. The topological polar surface area (TPSA) is 120 Å². The number of nitrogens with two attached hydrogens (primary N) is 2. The lowest BCUT2D eigenvalue weighted by Gasteiger charge is -2.12. The maximum atomic E-state index is 11.7. The quantitative estimate of drug-likeness (QED) is 0.822. The van der Waals surface area contributed by atoms with Crippen LogP contribution in [0.2, 0.25) is 0 Å². The summed E-state index contributed by atoms with van der Waals surface area (Å²) in [6.45, 7) is 0. The second-order valence-electron chi connectivity index (χ2n) is 4.23. The first-order chi connectivity index (χ1) is 9.60. The Morgan fingerprint density at radius 2 is 1.29 bits per heavy atom. The van der Waals surface area contributed by atoms with Crippen LogP contribution in [-0.4, -0.2) is 16.8 Å². The van der Waals surface area contributed by atoms with Crippen molar-refractivity contribution in [2.24, 2.45) is 10.3 Å². The summed E-state index contributed by atoms with van der Waals surface area (Å²) in [7, 11) is -8.03. The number of hydrogen-bond acceptors (Lipinski definition) is 4. The van der Waals surface area contributed by atoms with Crippen LogP contribution in [0.1, 0.15) is 0 Å². The van der Waals surface area contributed by atoms with Gasteiger partial charge in [0.1, 0.15) is 0 Å². The van der Waals surface area contributed by atoms with Crippen LogP contribution in [0, 0.1) is 0 Å². The molecule has 0 aromatic heterocycles. The summed E-state index contributed by atoms with van der Waals surface area (Å²) in [6.07, 6.45) is 0. The summed E-state index contributed by atoms with van der Waals surface area (Å²) in [5, 5.41) is 10.4. The van der Waals surface area contributed by atoms with Gasteiger partial charge in [-0.2, -0.15) is 0 Å². The average molecular weight is 391 g/mol. The predicted molar refractivity (Wildman–Crippen MR) is 82.3 cm³/mol. The van der Waals surface area contributed by atoms with E-state index in [1.54, 1.807) is 12.1 Å². The third-order valence-electron chi connectivity index (χ3n) is 2.73. The molecule has 0 saturated carbocycles. The van der Waals surface area contributed by atoms with Crippen molar-refractivity contribution in [1.82, 2.24) is 0 Å². The molecule has 0 bridgehead atoms. The Kier molecular flexibility index (Phi) is 4.22. The highest BCUT2D eigenvalue weighted by molar-refractivity contribution is 9.10. The fraction of sp³-hybridized carbons (Fsp3) is 0. The van der Waals surface area contributed by atoms with Crippen LogP contribution in [0.3, 0.4) is 0 Å². The highest BCUT2D eigenvalue weighted by Gasteiger charge is 2.21. The van der Waals surface area contributed by atoms with Gasteiger partial charge >= 0.3 is 0 Å². The molecule has 2 aromatic carbocycles. The van der Waals surface area contributed by atoms with Gasteiger partial charge in [0.05, 0.1) is 9.79 Å². The van der Waals surface area contributed by atoms with Crippen LogP contribution in [0.25, 0.3) is 11.1 Å². The number of rotatable bonds is 3. The average Bonchev–Trinajstić information content (AvgIpc) is 2.36. The highest BCUT2D eigenvalue weighted by Crippen LogP contribution is 2.33. The molecule has 0 unspecified atom stereocenters. The highest BCUT2D eigenvalue weighted by atomic mass is 79.9. The minimum atomic E-state index is -4.03. The number of halogens is 1. The van der Waals surface area contributed by atoms with Crippen LogP contribution in [0.15, 0.2) is 56.7 Å². The SMILES string of the molecule is NS(=O)(=O)c1ccccc1-c1ccc(Br)cc1S(N)(=O)=O. The minimum absolute atomic E-state index is 0.169. The Bertz CT molecular complexity index is 909. The molecule has 0 atom stereocenters. The van der Waals surface area contributed by atoms with E-state index in [0.29, 0.717) is 4.47 Å². The molecule has 0 aliphatic carbocycles. The summed E-state index contributed by atoms with van der Waals surface area (Å²) in [6, 6.07) is 10.2. The summed E-state index contributed by atoms with van der Waals surface area (Å²) in [5.74, 6) is 0. The van der Waals surface area contributed by atoms with Gasteiger partial charge in [0.2, 0.25) is 20.0 Å². The number of benzene rings is 2. The third kappa shape index (κ3) is 3.50. The molecule has 0 aliphatic rings. The Balaban J connectivity index is 2.88. The zero-order chi connectivity index (χ0) is 15.8. The van der Waals surface area contributed by atoms with Crippen molar-refractivity contribution in [3.8, 4) is 11.1 Å². The van der Waals surface area contributed by atoms with Crippen LogP contribution in [0.5, 0.6) is 0 Å². The molecule has 2 rings (SSSR count). The number of primary sulfonamides is 2. The molecular formula is C12H11BrN2O4S2. The fourth-order valence-corrected chi connectivity index (χ4v) is 3.93. The van der Waals surface area contributed by atoms with Crippen molar-refractivity contribution in [3.63, 3.8) is 0 Å². The molecule has 0 saturated heterocycles. The Morgan fingerprint density at radius 3 is 1.86 bits per heavy atom. The van der Waals surface area contributed by atoms with Crippen LogP contribution < -0.4 is 10.3 Å². The van der Waals surface area contributed by atoms with Gasteiger partial charge < -0.3 is 0 Å². The van der Waals surface area contributed by atoms with E-state index in [1.807, 2.05) is 0 Å². The third-order valence-corrected chi connectivity index (χ3v) is 5.15. The van der Waals surface area contributed by atoms with Gasteiger partial charge in [-0.05, 0) is 18.2 Å².